The van der Waals surface area contributed by atoms with Crippen LogP contribution in [0.2, 0.25) is 0 Å². The van der Waals surface area contributed by atoms with Crippen LogP contribution in [0, 0.1) is 11.6 Å². The van der Waals surface area contributed by atoms with Crippen LogP contribution in [0.25, 0.3) is 11.1 Å². The van der Waals surface area contributed by atoms with E-state index in [0.717, 1.165) is 6.07 Å². The Morgan fingerprint density at radius 2 is 1.92 bits per heavy atom. The Morgan fingerprint density at radius 3 is 2.56 bits per heavy atom. The summed E-state index contributed by atoms with van der Waals surface area (Å²) in [7, 11) is 1.65. The van der Waals surface area contributed by atoms with Crippen molar-refractivity contribution in [1.29, 1.82) is 0 Å². The number of hydrogen-bond acceptors (Lipinski definition) is 2. The SMILES string of the molecule is CN1CC[C@H](NC(=O)Nc2c(F)cc(F)cc2-c2ccccc2)C1=O. The van der Waals surface area contributed by atoms with Gasteiger partial charge in [0.25, 0.3) is 0 Å². The van der Waals surface area contributed by atoms with E-state index in [2.05, 4.69) is 10.6 Å². The van der Waals surface area contributed by atoms with Gasteiger partial charge in [-0.2, -0.15) is 0 Å². The molecule has 1 atom stereocenters. The molecule has 5 nitrogen and oxygen atoms in total. The average Bonchev–Trinajstić information content (AvgIpc) is 2.90. The van der Waals surface area contributed by atoms with Crippen LogP contribution in [0.4, 0.5) is 19.3 Å². The number of halogens is 2. The fourth-order valence-corrected chi connectivity index (χ4v) is 2.81. The molecule has 7 heteroatoms. The molecule has 25 heavy (non-hydrogen) atoms. The van der Waals surface area contributed by atoms with Gasteiger partial charge >= 0.3 is 6.03 Å². The predicted octanol–water partition coefficient (Wildman–Crippen LogP) is 2.98. The van der Waals surface area contributed by atoms with Gasteiger partial charge in [0.05, 0.1) is 5.69 Å². The minimum atomic E-state index is -0.885. The highest BCUT2D eigenvalue weighted by Crippen LogP contribution is 2.31. The summed E-state index contributed by atoms with van der Waals surface area (Å²) in [6.45, 7) is 0.546. The van der Waals surface area contributed by atoms with E-state index in [1.165, 1.54) is 4.90 Å². The molecule has 0 spiro atoms. The molecule has 1 aliphatic heterocycles. The smallest absolute Gasteiger partial charge is 0.319 e. The molecule has 2 N–H and O–H groups in total. The van der Waals surface area contributed by atoms with Crippen LogP contribution < -0.4 is 10.6 Å². The van der Waals surface area contributed by atoms with Crippen molar-refractivity contribution in [3.8, 4) is 11.1 Å². The number of rotatable bonds is 3. The Bertz CT molecular complexity index is 811. The van der Waals surface area contributed by atoms with Crippen molar-refractivity contribution in [3.05, 3.63) is 54.1 Å². The maximum atomic E-state index is 14.3. The van der Waals surface area contributed by atoms with Crippen LogP contribution in [-0.2, 0) is 4.79 Å². The minimum Gasteiger partial charge on any atom is -0.344 e. The number of hydrogen-bond donors (Lipinski definition) is 2. The van der Waals surface area contributed by atoms with E-state index in [-0.39, 0.29) is 17.2 Å². The summed E-state index contributed by atoms with van der Waals surface area (Å²) in [5.74, 6) is -1.82. The zero-order valence-corrected chi connectivity index (χ0v) is 13.6. The second kappa shape index (κ2) is 6.88. The molecular weight excluding hydrogens is 328 g/mol. The maximum absolute atomic E-state index is 14.3. The molecule has 0 bridgehead atoms. The molecule has 1 aliphatic rings. The first-order valence-corrected chi connectivity index (χ1v) is 7.82. The van der Waals surface area contributed by atoms with Crippen LogP contribution in [-0.4, -0.2) is 36.5 Å². The summed E-state index contributed by atoms with van der Waals surface area (Å²) >= 11 is 0. The van der Waals surface area contributed by atoms with Gasteiger partial charge in [-0.05, 0) is 18.1 Å². The van der Waals surface area contributed by atoms with Gasteiger partial charge in [0.2, 0.25) is 5.91 Å². The van der Waals surface area contributed by atoms with E-state index >= 15 is 0 Å². The van der Waals surface area contributed by atoms with Gasteiger partial charge in [0.15, 0.2) is 0 Å². The fourth-order valence-electron chi connectivity index (χ4n) is 2.81. The van der Waals surface area contributed by atoms with E-state index in [4.69, 9.17) is 0 Å². The first kappa shape index (κ1) is 16.9. The highest BCUT2D eigenvalue weighted by molar-refractivity contribution is 5.97. The second-order valence-corrected chi connectivity index (χ2v) is 5.88. The number of likely N-dealkylation sites (tertiary alicyclic amines) is 1. The van der Waals surface area contributed by atoms with Gasteiger partial charge in [0.1, 0.15) is 17.7 Å². The topological polar surface area (TPSA) is 61.4 Å². The summed E-state index contributed by atoms with van der Waals surface area (Å²) in [6.07, 6.45) is 0.486. The highest BCUT2D eigenvalue weighted by Gasteiger charge is 2.30. The average molecular weight is 345 g/mol. The standard InChI is InChI=1S/C18H17F2N3O2/c1-23-8-7-15(17(23)24)21-18(25)22-16-13(9-12(19)10-14(16)20)11-5-3-2-4-6-11/h2-6,9-10,15H,7-8H2,1H3,(H2,21,22,25)/t15-/m0/s1. The fraction of sp³-hybridized carbons (Fsp3) is 0.222. The van der Waals surface area contributed by atoms with Gasteiger partial charge in [0, 0.05) is 25.2 Å². The molecule has 0 radical (unpaired) electrons. The molecular formula is C18H17F2N3O2. The summed E-state index contributed by atoms with van der Waals surface area (Å²) < 4.78 is 27.9. The summed E-state index contributed by atoms with van der Waals surface area (Å²) in [4.78, 5) is 25.6. The van der Waals surface area contributed by atoms with Crippen LogP contribution in [0.1, 0.15) is 6.42 Å². The van der Waals surface area contributed by atoms with Crippen molar-refractivity contribution < 1.29 is 18.4 Å². The quantitative estimate of drug-likeness (QED) is 0.898. The molecule has 0 aliphatic carbocycles. The van der Waals surface area contributed by atoms with E-state index in [1.54, 1.807) is 37.4 Å². The van der Waals surface area contributed by atoms with Crippen LogP contribution in [0.15, 0.2) is 42.5 Å². The predicted molar refractivity (Wildman–Crippen MR) is 90.0 cm³/mol. The first-order valence-electron chi connectivity index (χ1n) is 7.82. The normalized spacial score (nSPS) is 16.8. The summed E-state index contributed by atoms with van der Waals surface area (Å²) in [6, 6.07) is 9.12. The Kier molecular flexibility index (Phi) is 4.65. The van der Waals surface area contributed by atoms with Crippen LogP contribution >= 0.6 is 0 Å². The zero-order chi connectivity index (χ0) is 18.0. The monoisotopic (exact) mass is 345 g/mol. The maximum Gasteiger partial charge on any atom is 0.319 e. The Hall–Kier alpha value is -2.96. The molecule has 2 aromatic rings. The summed E-state index contributed by atoms with van der Waals surface area (Å²) in [5, 5.41) is 4.93. The van der Waals surface area contributed by atoms with Crippen LogP contribution in [0.5, 0.6) is 0 Å². The third kappa shape index (κ3) is 3.60. The lowest BCUT2D eigenvalue weighted by atomic mass is 10.0. The van der Waals surface area contributed by atoms with Gasteiger partial charge in [-0.25, -0.2) is 13.6 Å². The van der Waals surface area contributed by atoms with Crippen molar-refractivity contribution in [1.82, 2.24) is 10.2 Å². The first-order chi connectivity index (χ1) is 12.0. The molecule has 1 heterocycles. The Balaban J connectivity index is 1.85. The van der Waals surface area contributed by atoms with Gasteiger partial charge in [-0.15, -0.1) is 0 Å². The largest absolute Gasteiger partial charge is 0.344 e. The highest BCUT2D eigenvalue weighted by atomic mass is 19.1. The van der Waals surface area contributed by atoms with Gasteiger partial charge < -0.3 is 15.5 Å². The van der Waals surface area contributed by atoms with E-state index in [9.17, 15) is 18.4 Å². The van der Waals surface area contributed by atoms with Gasteiger partial charge in [-0.1, -0.05) is 30.3 Å². The molecule has 0 unspecified atom stereocenters. The molecule has 3 rings (SSSR count). The molecule has 1 fully saturated rings. The zero-order valence-electron chi connectivity index (χ0n) is 13.6. The van der Waals surface area contributed by atoms with Crippen LogP contribution in [0.3, 0.4) is 0 Å². The van der Waals surface area contributed by atoms with Crippen molar-refractivity contribution in [3.63, 3.8) is 0 Å². The van der Waals surface area contributed by atoms with E-state index in [0.29, 0.717) is 24.6 Å². The third-order valence-electron chi connectivity index (χ3n) is 4.11. The molecule has 0 saturated carbocycles. The molecule has 1 saturated heterocycles. The number of likely N-dealkylation sites (N-methyl/N-ethyl adjacent to an activating group) is 1. The van der Waals surface area contributed by atoms with Crippen molar-refractivity contribution in [2.45, 2.75) is 12.5 Å². The Labute approximate surface area is 143 Å². The summed E-state index contributed by atoms with van der Waals surface area (Å²) in [5.41, 5.74) is 0.653. The number of carbonyl (C=O) groups is 2. The van der Waals surface area contributed by atoms with Crippen molar-refractivity contribution in [2.75, 3.05) is 18.9 Å². The number of benzene rings is 2. The number of carbonyl (C=O) groups excluding carboxylic acids is 2. The van der Waals surface area contributed by atoms with Crippen molar-refractivity contribution in [2.24, 2.45) is 0 Å². The lowest BCUT2D eigenvalue weighted by molar-refractivity contribution is -0.128. The number of nitrogens with one attached hydrogen (secondary N) is 2. The van der Waals surface area contributed by atoms with E-state index < -0.39 is 23.7 Å². The molecule has 130 valence electrons. The van der Waals surface area contributed by atoms with Crippen molar-refractivity contribution >= 4 is 17.6 Å². The number of amides is 3. The lowest BCUT2D eigenvalue weighted by Gasteiger charge is -2.16. The lowest BCUT2D eigenvalue weighted by Crippen LogP contribution is -2.42. The Morgan fingerprint density at radius 1 is 1.20 bits per heavy atom. The molecule has 3 amide bonds. The molecule has 0 aromatic heterocycles. The third-order valence-corrected chi connectivity index (χ3v) is 4.11. The minimum absolute atomic E-state index is 0.135. The second-order valence-electron chi connectivity index (χ2n) is 5.88. The number of urea groups is 1. The van der Waals surface area contributed by atoms with E-state index in [1.807, 2.05) is 0 Å². The number of nitrogens with zero attached hydrogens (tertiary/aromatic N) is 1. The molecule has 2 aromatic carbocycles. The van der Waals surface area contributed by atoms with Gasteiger partial charge in [-0.3, -0.25) is 4.79 Å². The number of anilines is 1.